The molecule has 1 fully saturated rings. The third-order valence-corrected chi connectivity index (χ3v) is 10.5. The zero-order chi connectivity index (χ0) is 28.5. The highest BCUT2D eigenvalue weighted by atomic mass is 32.2. The first-order valence-electron chi connectivity index (χ1n) is 13.4. The molecule has 0 bridgehead atoms. The minimum atomic E-state index is -3.94. The standard InChI is InChI=1S/C29H35N5O4SSi/c1-22-5-7-25(8-6-22)39(35,36)34-20-26(28-27(9-10-31-29(28)34)32-11-13-37-14-12-32)23-17-24(18-30)33(19-23)21-38-15-16-40(2,3)4/h5-10,17,19-20H,11-16,21H2,1-4H3. The largest absolute Gasteiger partial charge is 0.378 e. The number of morpholine rings is 1. The molecule has 0 atom stereocenters. The normalized spacial score (nSPS) is 14.5. The minimum absolute atomic E-state index is 0.186. The number of aryl methyl sites for hydroxylation is 1. The zero-order valence-electron chi connectivity index (χ0n) is 23.4. The van der Waals surface area contributed by atoms with E-state index in [1.165, 1.54) is 3.97 Å². The van der Waals surface area contributed by atoms with Gasteiger partial charge in [0.15, 0.2) is 5.65 Å². The molecule has 1 saturated heterocycles. The third kappa shape index (κ3) is 5.71. The van der Waals surface area contributed by atoms with E-state index in [4.69, 9.17) is 9.47 Å². The summed E-state index contributed by atoms with van der Waals surface area (Å²) in [5.41, 5.74) is 4.08. The van der Waals surface area contributed by atoms with Crippen molar-refractivity contribution in [2.75, 3.05) is 37.8 Å². The Balaban J connectivity index is 1.63. The predicted molar refractivity (Wildman–Crippen MR) is 159 cm³/mol. The van der Waals surface area contributed by atoms with Gasteiger partial charge < -0.3 is 18.9 Å². The Morgan fingerprint density at radius 2 is 1.82 bits per heavy atom. The molecule has 3 aromatic heterocycles. The van der Waals surface area contributed by atoms with Crippen LogP contribution in [-0.2, 0) is 26.2 Å². The molecule has 0 radical (unpaired) electrons. The van der Waals surface area contributed by atoms with E-state index in [9.17, 15) is 13.7 Å². The number of fused-ring (bicyclic) bond motifs is 1. The molecule has 1 aromatic carbocycles. The number of anilines is 1. The second kappa shape index (κ2) is 11.2. The van der Waals surface area contributed by atoms with Gasteiger partial charge in [0.25, 0.3) is 10.0 Å². The number of ether oxygens (including phenoxy) is 2. The van der Waals surface area contributed by atoms with E-state index in [1.807, 2.05) is 19.2 Å². The highest BCUT2D eigenvalue weighted by Gasteiger charge is 2.27. The first-order valence-corrected chi connectivity index (χ1v) is 18.6. The van der Waals surface area contributed by atoms with Crippen molar-refractivity contribution in [1.82, 2.24) is 13.5 Å². The third-order valence-electron chi connectivity index (χ3n) is 7.11. The number of nitrogens with zero attached hydrogens (tertiary/aromatic N) is 5. The molecule has 1 aliphatic rings. The Kier molecular flexibility index (Phi) is 7.88. The van der Waals surface area contributed by atoms with Crippen LogP contribution in [0.2, 0.25) is 25.7 Å². The molecule has 0 aliphatic carbocycles. The molecule has 0 spiro atoms. The number of hydrogen-bond donors (Lipinski definition) is 0. The Morgan fingerprint density at radius 3 is 2.50 bits per heavy atom. The fourth-order valence-corrected chi connectivity index (χ4v) is 6.87. The fourth-order valence-electron chi connectivity index (χ4n) is 4.80. The molecule has 0 N–H and O–H groups in total. The summed E-state index contributed by atoms with van der Waals surface area (Å²) in [6, 6.07) is 13.8. The molecule has 40 heavy (non-hydrogen) atoms. The Bertz CT molecular complexity index is 1660. The summed E-state index contributed by atoms with van der Waals surface area (Å²) in [6.07, 6.45) is 5.14. The maximum atomic E-state index is 13.9. The lowest BCUT2D eigenvalue weighted by atomic mass is 10.1. The molecule has 4 aromatic rings. The van der Waals surface area contributed by atoms with Crippen LogP contribution in [0.15, 0.2) is 59.9 Å². The van der Waals surface area contributed by atoms with Crippen LogP contribution in [0.4, 0.5) is 5.69 Å². The van der Waals surface area contributed by atoms with E-state index in [2.05, 4.69) is 35.6 Å². The summed E-state index contributed by atoms with van der Waals surface area (Å²) in [5.74, 6) is 0. The highest BCUT2D eigenvalue weighted by Crippen LogP contribution is 2.39. The molecule has 0 amide bonds. The van der Waals surface area contributed by atoms with Gasteiger partial charge in [-0.05, 0) is 37.2 Å². The monoisotopic (exact) mass is 577 g/mol. The number of benzene rings is 1. The van der Waals surface area contributed by atoms with Crippen LogP contribution in [0.1, 0.15) is 11.3 Å². The zero-order valence-corrected chi connectivity index (χ0v) is 25.2. The molecule has 5 rings (SSSR count). The van der Waals surface area contributed by atoms with Crippen molar-refractivity contribution >= 4 is 34.8 Å². The van der Waals surface area contributed by atoms with Gasteiger partial charge in [0.2, 0.25) is 0 Å². The number of rotatable bonds is 9. The Labute approximate surface area is 236 Å². The van der Waals surface area contributed by atoms with Crippen molar-refractivity contribution in [1.29, 1.82) is 5.26 Å². The molecule has 11 heteroatoms. The summed E-state index contributed by atoms with van der Waals surface area (Å²) < 4.78 is 42.3. The van der Waals surface area contributed by atoms with Crippen LogP contribution in [0.5, 0.6) is 0 Å². The number of hydrogen-bond acceptors (Lipinski definition) is 7. The maximum absolute atomic E-state index is 13.9. The first kappa shape index (κ1) is 28.1. The average Bonchev–Trinajstić information content (AvgIpc) is 3.53. The van der Waals surface area contributed by atoms with Crippen LogP contribution in [0, 0.1) is 18.3 Å². The molecule has 4 heterocycles. The lowest BCUT2D eigenvalue weighted by Gasteiger charge is -2.29. The topological polar surface area (TPSA) is 102 Å². The van der Waals surface area contributed by atoms with E-state index >= 15 is 0 Å². The quantitative estimate of drug-likeness (QED) is 0.202. The highest BCUT2D eigenvalue weighted by molar-refractivity contribution is 7.90. The molecular formula is C29H35N5O4SSi. The second-order valence-electron chi connectivity index (χ2n) is 11.3. The number of nitriles is 1. The molecular weight excluding hydrogens is 543 g/mol. The van der Waals surface area contributed by atoms with E-state index in [0.717, 1.165) is 28.2 Å². The van der Waals surface area contributed by atoms with Gasteiger partial charge in [-0.1, -0.05) is 37.3 Å². The van der Waals surface area contributed by atoms with E-state index in [1.54, 1.807) is 47.3 Å². The Morgan fingerprint density at radius 1 is 1.10 bits per heavy atom. The summed E-state index contributed by atoms with van der Waals surface area (Å²) in [7, 11) is -5.18. The van der Waals surface area contributed by atoms with E-state index in [0.29, 0.717) is 49.8 Å². The molecule has 0 saturated carbocycles. The van der Waals surface area contributed by atoms with Gasteiger partial charge in [0.05, 0.1) is 29.2 Å². The Hall–Kier alpha value is -3.43. The van der Waals surface area contributed by atoms with Crippen LogP contribution < -0.4 is 4.90 Å². The van der Waals surface area contributed by atoms with Gasteiger partial charge in [0, 0.05) is 57.5 Å². The SMILES string of the molecule is Cc1ccc(S(=O)(=O)n2cc(-c3cc(C#N)n(COCC[Si](C)(C)C)c3)c3c(N4CCOCC4)ccnc32)cc1. The molecule has 9 nitrogen and oxygen atoms in total. The van der Waals surface area contributed by atoms with Gasteiger partial charge >= 0.3 is 0 Å². The second-order valence-corrected chi connectivity index (χ2v) is 18.8. The molecule has 0 unspecified atom stereocenters. The van der Waals surface area contributed by atoms with Crippen molar-refractivity contribution in [2.45, 2.75) is 44.2 Å². The van der Waals surface area contributed by atoms with Gasteiger partial charge in [-0.2, -0.15) is 5.26 Å². The maximum Gasteiger partial charge on any atom is 0.269 e. The lowest BCUT2D eigenvalue weighted by Crippen LogP contribution is -2.36. The van der Waals surface area contributed by atoms with E-state index in [-0.39, 0.29) is 11.6 Å². The summed E-state index contributed by atoms with van der Waals surface area (Å²) >= 11 is 0. The van der Waals surface area contributed by atoms with Crippen LogP contribution in [-0.4, -0.2) is 62.9 Å². The smallest absolute Gasteiger partial charge is 0.269 e. The van der Waals surface area contributed by atoms with Crippen LogP contribution in [0.3, 0.4) is 0 Å². The van der Waals surface area contributed by atoms with Crippen molar-refractivity contribution in [2.24, 2.45) is 0 Å². The average molecular weight is 578 g/mol. The molecule has 1 aliphatic heterocycles. The van der Waals surface area contributed by atoms with E-state index < -0.39 is 18.1 Å². The summed E-state index contributed by atoms with van der Waals surface area (Å²) in [4.78, 5) is 6.94. The predicted octanol–water partition coefficient (Wildman–Crippen LogP) is 5.07. The van der Waals surface area contributed by atoms with Gasteiger partial charge in [-0.15, -0.1) is 0 Å². The van der Waals surface area contributed by atoms with Crippen molar-refractivity contribution < 1.29 is 17.9 Å². The first-order chi connectivity index (χ1) is 19.1. The van der Waals surface area contributed by atoms with Crippen molar-refractivity contribution in [3.8, 4) is 17.2 Å². The fraction of sp³-hybridized carbons (Fsp3) is 0.379. The summed E-state index contributed by atoms with van der Waals surface area (Å²) in [6.45, 7) is 12.2. The van der Waals surface area contributed by atoms with Gasteiger partial charge in [-0.25, -0.2) is 17.4 Å². The number of aromatic nitrogens is 3. The molecule has 210 valence electrons. The van der Waals surface area contributed by atoms with Gasteiger partial charge in [-0.3, -0.25) is 0 Å². The van der Waals surface area contributed by atoms with Crippen molar-refractivity contribution in [3.05, 3.63) is 66.2 Å². The number of pyridine rings is 1. The minimum Gasteiger partial charge on any atom is -0.378 e. The van der Waals surface area contributed by atoms with Gasteiger partial charge in [0.1, 0.15) is 18.5 Å². The summed E-state index contributed by atoms with van der Waals surface area (Å²) in [5, 5.41) is 10.6. The van der Waals surface area contributed by atoms with Crippen LogP contribution >= 0.6 is 0 Å². The van der Waals surface area contributed by atoms with Crippen LogP contribution in [0.25, 0.3) is 22.2 Å². The lowest BCUT2D eigenvalue weighted by molar-refractivity contribution is 0.0870. The van der Waals surface area contributed by atoms with Crippen molar-refractivity contribution in [3.63, 3.8) is 0 Å².